The van der Waals surface area contributed by atoms with Crippen LogP contribution in [0.2, 0.25) is 0 Å². The zero-order chi connectivity index (χ0) is 17.4. The second-order valence-electron chi connectivity index (χ2n) is 5.94. The Kier molecular flexibility index (Phi) is 4.38. The van der Waals surface area contributed by atoms with Crippen molar-refractivity contribution in [2.24, 2.45) is 0 Å². The molecule has 0 aliphatic rings. The molecule has 2 N–H and O–H groups in total. The largest absolute Gasteiger partial charge is 0.488 e. The number of hydrogen-bond donors (Lipinski definition) is 2. The minimum Gasteiger partial charge on any atom is -0.423 e. The fourth-order valence-electron chi connectivity index (χ4n) is 2.91. The molecule has 5 nitrogen and oxygen atoms in total. The monoisotopic (exact) mass is 327 g/mol. The molecule has 0 aliphatic heterocycles. The first-order valence-corrected chi connectivity index (χ1v) is 7.88. The minimum atomic E-state index is -1.68. The van der Waals surface area contributed by atoms with E-state index in [1.165, 1.54) is 6.07 Å². The van der Waals surface area contributed by atoms with Crippen LogP contribution >= 0.6 is 0 Å². The second-order valence-corrected chi connectivity index (χ2v) is 5.94. The molecule has 2 aromatic heterocycles. The maximum atomic E-state index is 14.3. The van der Waals surface area contributed by atoms with Crippen molar-refractivity contribution >= 4 is 23.7 Å². The number of halogens is 1. The average Bonchev–Trinajstić information content (AvgIpc) is 2.87. The number of fused-ring (bicyclic) bond motifs is 1. The van der Waals surface area contributed by atoms with Gasteiger partial charge in [-0.1, -0.05) is 19.1 Å². The Balaban J connectivity index is 2.10. The van der Waals surface area contributed by atoms with Gasteiger partial charge in [0.25, 0.3) is 0 Å². The van der Waals surface area contributed by atoms with Gasteiger partial charge in [0.2, 0.25) is 0 Å². The van der Waals surface area contributed by atoms with Crippen molar-refractivity contribution in [3.8, 4) is 0 Å². The van der Waals surface area contributed by atoms with Crippen LogP contribution in [0, 0.1) is 19.7 Å². The van der Waals surface area contributed by atoms with Crippen molar-refractivity contribution in [3.63, 3.8) is 0 Å². The number of pyridine rings is 1. The molecule has 0 amide bonds. The highest BCUT2D eigenvalue weighted by Crippen LogP contribution is 2.21. The van der Waals surface area contributed by atoms with E-state index in [2.05, 4.69) is 9.97 Å². The van der Waals surface area contributed by atoms with Crippen molar-refractivity contribution < 1.29 is 14.4 Å². The van der Waals surface area contributed by atoms with E-state index in [0.29, 0.717) is 18.5 Å². The predicted octanol–water partition coefficient (Wildman–Crippen LogP) is 1.48. The topological polar surface area (TPSA) is 71.2 Å². The van der Waals surface area contributed by atoms with Crippen LogP contribution in [0.1, 0.15) is 29.6 Å². The molecule has 0 saturated heterocycles. The maximum absolute atomic E-state index is 14.3. The van der Waals surface area contributed by atoms with E-state index in [1.54, 1.807) is 6.07 Å². The molecule has 0 unspecified atom stereocenters. The lowest BCUT2D eigenvalue weighted by Gasteiger charge is -2.10. The van der Waals surface area contributed by atoms with E-state index in [0.717, 1.165) is 34.3 Å². The Labute approximate surface area is 139 Å². The van der Waals surface area contributed by atoms with Gasteiger partial charge in [-0.05, 0) is 37.0 Å². The van der Waals surface area contributed by atoms with E-state index in [4.69, 9.17) is 10.0 Å². The van der Waals surface area contributed by atoms with Gasteiger partial charge in [0.1, 0.15) is 17.2 Å². The number of benzene rings is 1. The lowest BCUT2D eigenvalue weighted by Crippen LogP contribution is -2.30. The summed E-state index contributed by atoms with van der Waals surface area (Å²) in [6.45, 7) is 6.21. The van der Waals surface area contributed by atoms with E-state index >= 15 is 0 Å². The van der Waals surface area contributed by atoms with Gasteiger partial charge in [0.15, 0.2) is 5.65 Å². The molecule has 0 atom stereocenters. The number of aryl methyl sites for hydroxylation is 3. The summed E-state index contributed by atoms with van der Waals surface area (Å²) >= 11 is 0. The van der Waals surface area contributed by atoms with Crippen LogP contribution in [0.3, 0.4) is 0 Å². The molecule has 7 heteroatoms. The van der Waals surface area contributed by atoms with Crippen molar-refractivity contribution in [1.29, 1.82) is 0 Å². The highest BCUT2D eigenvalue weighted by Gasteiger charge is 2.17. The third kappa shape index (κ3) is 2.92. The summed E-state index contributed by atoms with van der Waals surface area (Å²) < 4.78 is 16.2. The van der Waals surface area contributed by atoms with Crippen molar-refractivity contribution in [2.75, 3.05) is 0 Å². The Morgan fingerprint density at radius 3 is 2.54 bits per heavy atom. The molecule has 3 rings (SSSR count). The first-order chi connectivity index (χ1) is 11.4. The molecule has 24 heavy (non-hydrogen) atoms. The molecule has 2 heterocycles. The summed E-state index contributed by atoms with van der Waals surface area (Å²) in [6.07, 6.45) is 0.712. The van der Waals surface area contributed by atoms with E-state index in [1.807, 2.05) is 31.4 Å². The molecular formula is C17H19BFN3O2. The molecular weight excluding hydrogens is 308 g/mol. The quantitative estimate of drug-likeness (QED) is 0.712. The lowest BCUT2D eigenvalue weighted by atomic mass is 9.80. The van der Waals surface area contributed by atoms with Crippen LogP contribution in [0.25, 0.3) is 11.2 Å². The predicted molar refractivity (Wildman–Crippen MR) is 91.7 cm³/mol. The molecule has 0 aliphatic carbocycles. The van der Waals surface area contributed by atoms with Gasteiger partial charge in [-0.25, -0.2) is 14.4 Å². The SMILES string of the molecule is CCc1nc2c(C)cc(C)nc2n1Cc1ccc(B(O)O)cc1F. The van der Waals surface area contributed by atoms with Gasteiger partial charge in [-0.3, -0.25) is 0 Å². The molecule has 1 aromatic carbocycles. The van der Waals surface area contributed by atoms with Crippen LogP contribution < -0.4 is 5.46 Å². The number of rotatable bonds is 4. The number of imidazole rings is 1. The van der Waals surface area contributed by atoms with Gasteiger partial charge in [0, 0.05) is 17.7 Å². The van der Waals surface area contributed by atoms with Gasteiger partial charge in [-0.15, -0.1) is 0 Å². The van der Waals surface area contributed by atoms with E-state index < -0.39 is 12.9 Å². The molecule has 0 spiro atoms. The highest BCUT2D eigenvalue weighted by molar-refractivity contribution is 6.58. The normalized spacial score (nSPS) is 11.2. The fraction of sp³-hybridized carbons (Fsp3) is 0.294. The van der Waals surface area contributed by atoms with Gasteiger partial charge in [-0.2, -0.15) is 0 Å². The van der Waals surface area contributed by atoms with Crippen molar-refractivity contribution in [1.82, 2.24) is 14.5 Å². The van der Waals surface area contributed by atoms with Crippen LogP contribution in [-0.4, -0.2) is 31.7 Å². The zero-order valence-corrected chi connectivity index (χ0v) is 13.9. The third-order valence-corrected chi connectivity index (χ3v) is 4.12. The molecule has 0 bridgehead atoms. The van der Waals surface area contributed by atoms with Crippen molar-refractivity contribution in [2.45, 2.75) is 33.7 Å². The zero-order valence-electron chi connectivity index (χ0n) is 13.9. The van der Waals surface area contributed by atoms with Crippen LogP contribution in [-0.2, 0) is 13.0 Å². The Hall–Kier alpha value is -2.25. The van der Waals surface area contributed by atoms with Crippen molar-refractivity contribution in [3.05, 3.63) is 52.7 Å². The Bertz CT molecular complexity index is 908. The summed E-state index contributed by atoms with van der Waals surface area (Å²) in [5.41, 5.74) is 4.10. The molecule has 0 fully saturated rings. The summed E-state index contributed by atoms with van der Waals surface area (Å²) in [5, 5.41) is 18.3. The molecule has 0 saturated carbocycles. The van der Waals surface area contributed by atoms with Crippen LogP contribution in [0.15, 0.2) is 24.3 Å². The summed E-state index contributed by atoms with van der Waals surface area (Å²) in [6, 6.07) is 6.21. The number of nitrogens with zero attached hydrogens (tertiary/aromatic N) is 3. The van der Waals surface area contributed by atoms with Gasteiger partial charge >= 0.3 is 7.12 Å². The van der Waals surface area contributed by atoms with Crippen LogP contribution in [0.4, 0.5) is 4.39 Å². The number of aromatic nitrogens is 3. The molecule has 124 valence electrons. The van der Waals surface area contributed by atoms with Gasteiger partial charge < -0.3 is 14.6 Å². The maximum Gasteiger partial charge on any atom is 0.488 e. The summed E-state index contributed by atoms with van der Waals surface area (Å²) in [5.74, 6) is 0.366. The van der Waals surface area contributed by atoms with Crippen LogP contribution in [0.5, 0.6) is 0 Å². The second kappa shape index (κ2) is 6.34. The minimum absolute atomic E-state index is 0.132. The summed E-state index contributed by atoms with van der Waals surface area (Å²) in [7, 11) is -1.68. The Morgan fingerprint density at radius 2 is 1.92 bits per heavy atom. The molecule has 0 radical (unpaired) electrons. The smallest absolute Gasteiger partial charge is 0.423 e. The first kappa shape index (κ1) is 16.6. The molecule has 3 aromatic rings. The van der Waals surface area contributed by atoms with E-state index in [-0.39, 0.29) is 5.46 Å². The van der Waals surface area contributed by atoms with E-state index in [9.17, 15) is 4.39 Å². The fourth-order valence-corrected chi connectivity index (χ4v) is 2.91. The third-order valence-electron chi connectivity index (χ3n) is 4.12. The highest BCUT2D eigenvalue weighted by atomic mass is 19.1. The Morgan fingerprint density at radius 1 is 1.17 bits per heavy atom. The number of hydrogen-bond acceptors (Lipinski definition) is 4. The average molecular weight is 327 g/mol. The lowest BCUT2D eigenvalue weighted by molar-refractivity contribution is 0.425. The standard InChI is InChI=1S/C17H19BFN3O2/c1-4-15-21-16-10(2)7-11(3)20-17(16)22(15)9-12-5-6-13(18(23)24)8-14(12)19/h5-8,23-24H,4,9H2,1-3H3. The van der Waals surface area contributed by atoms with Gasteiger partial charge in [0.05, 0.1) is 6.54 Å². The summed E-state index contributed by atoms with van der Waals surface area (Å²) in [4.78, 5) is 9.22. The first-order valence-electron chi connectivity index (χ1n) is 7.88.